The molecule has 0 bridgehead atoms. The van der Waals surface area contributed by atoms with Gasteiger partial charge in [-0.05, 0) is 35.3 Å². The van der Waals surface area contributed by atoms with Gasteiger partial charge in [-0.3, -0.25) is 4.79 Å². The van der Waals surface area contributed by atoms with Crippen LogP contribution in [0.2, 0.25) is 18.1 Å². The molecule has 0 saturated carbocycles. The quantitative estimate of drug-likeness (QED) is 0.550. The Kier molecular flexibility index (Phi) is 6.44. The van der Waals surface area contributed by atoms with Gasteiger partial charge in [0.15, 0.2) is 8.32 Å². The summed E-state index contributed by atoms with van der Waals surface area (Å²) in [5, 5.41) is 0.159. The second-order valence-electron chi connectivity index (χ2n) is 8.24. The summed E-state index contributed by atoms with van der Waals surface area (Å²) in [6.45, 7) is 12.1. The Balaban J connectivity index is 2.17. The van der Waals surface area contributed by atoms with Crippen molar-refractivity contribution < 1.29 is 14.0 Å². The molecule has 0 saturated heterocycles. The Morgan fingerprint density at radius 3 is 2.41 bits per heavy atom. The number of pyridine rings is 1. The molecule has 1 aromatic carbocycles. The van der Waals surface area contributed by atoms with Gasteiger partial charge < -0.3 is 13.7 Å². The molecule has 5 nitrogen and oxygen atoms in total. The summed E-state index contributed by atoms with van der Waals surface area (Å²) < 4.78 is 12.5. The number of carbonyl (C=O) groups is 1. The second kappa shape index (κ2) is 8.23. The van der Waals surface area contributed by atoms with Crippen molar-refractivity contribution in [3.63, 3.8) is 0 Å². The highest BCUT2D eigenvalue weighted by Gasteiger charge is 2.36. The molecular formula is C21H29NO4Si. The molecule has 6 heteroatoms. The van der Waals surface area contributed by atoms with Crippen LogP contribution in [0, 0.1) is 0 Å². The van der Waals surface area contributed by atoms with E-state index in [1.54, 1.807) is 0 Å². The standard InChI is InChI=1S/C21H29NO4Si/c1-21(2,3)27(5,6)26-15-17-9-7-8-16(12-17)13-22-14-18(20(24)25-4)10-11-19(22)23/h7-12,14H,13,15H2,1-6H3. The van der Waals surface area contributed by atoms with Gasteiger partial charge in [-0.2, -0.15) is 0 Å². The molecule has 0 spiro atoms. The van der Waals surface area contributed by atoms with E-state index in [0.717, 1.165) is 11.1 Å². The zero-order valence-corrected chi connectivity index (χ0v) is 18.0. The average molecular weight is 388 g/mol. The van der Waals surface area contributed by atoms with Crippen molar-refractivity contribution in [3.05, 3.63) is 69.6 Å². The Hall–Kier alpha value is -2.18. The largest absolute Gasteiger partial charge is 0.465 e. The fraction of sp³-hybridized carbons (Fsp3) is 0.429. The number of nitrogens with zero attached hydrogens (tertiary/aromatic N) is 1. The summed E-state index contributed by atoms with van der Waals surface area (Å²) in [6.07, 6.45) is 1.53. The van der Waals surface area contributed by atoms with Crippen molar-refractivity contribution in [1.82, 2.24) is 4.57 Å². The van der Waals surface area contributed by atoms with Gasteiger partial charge in [-0.15, -0.1) is 0 Å². The van der Waals surface area contributed by atoms with Crippen LogP contribution in [0.1, 0.15) is 42.3 Å². The summed E-state index contributed by atoms with van der Waals surface area (Å²) in [5.74, 6) is -0.458. The molecule has 1 aromatic heterocycles. The molecule has 0 aliphatic carbocycles. The smallest absolute Gasteiger partial charge is 0.339 e. The lowest BCUT2D eigenvalue weighted by molar-refractivity contribution is 0.0599. The van der Waals surface area contributed by atoms with Crippen molar-refractivity contribution in [2.24, 2.45) is 0 Å². The fourth-order valence-electron chi connectivity index (χ4n) is 2.39. The monoisotopic (exact) mass is 387 g/mol. The maximum absolute atomic E-state index is 12.1. The van der Waals surface area contributed by atoms with Crippen LogP contribution in [-0.2, 0) is 22.3 Å². The normalized spacial score (nSPS) is 12.1. The van der Waals surface area contributed by atoms with Gasteiger partial charge in [0.25, 0.3) is 5.56 Å². The molecule has 0 fully saturated rings. The highest BCUT2D eigenvalue weighted by molar-refractivity contribution is 6.74. The number of carbonyl (C=O) groups excluding carboxylic acids is 1. The first-order valence-corrected chi connectivity index (χ1v) is 11.9. The first-order valence-electron chi connectivity index (χ1n) is 9.04. The van der Waals surface area contributed by atoms with E-state index in [0.29, 0.717) is 18.7 Å². The van der Waals surface area contributed by atoms with Gasteiger partial charge >= 0.3 is 5.97 Å². The Morgan fingerprint density at radius 1 is 1.11 bits per heavy atom. The number of hydrogen-bond acceptors (Lipinski definition) is 4. The molecule has 0 radical (unpaired) electrons. The number of benzene rings is 1. The van der Waals surface area contributed by atoms with Gasteiger partial charge in [0.05, 0.1) is 25.8 Å². The van der Waals surface area contributed by atoms with Crippen molar-refractivity contribution in [2.45, 2.75) is 52.1 Å². The molecule has 1 heterocycles. The molecule has 0 amide bonds. The molecule has 2 aromatic rings. The third-order valence-corrected chi connectivity index (χ3v) is 9.63. The van der Waals surface area contributed by atoms with Gasteiger partial charge in [0.2, 0.25) is 0 Å². The molecule has 0 aliphatic heterocycles. The number of esters is 1. The predicted molar refractivity (Wildman–Crippen MR) is 110 cm³/mol. The van der Waals surface area contributed by atoms with Gasteiger partial charge in [-0.1, -0.05) is 45.0 Å². The van der Waals surface area contributed by atoms with E-state index in [9.17, 15) is 9.59 Å². The zero-order chi connectivity index (χ0) is 20.2. The SMILES string of the molecule is COC(=O)c1ccc(=O)n(Cc2cccc(CO[Si](C)(C)C(C)(C)C)c2)c1. The Bertz CT molecular complexity index is 865. The van der Waals surface area contributed by atoms with Crippen molar-refractivity contribution >= 4 is 14.3 Å². The Labute approximate surface area is 162 Å². The summed E-state index contributed by atoms with van der Waals surface area (Å²) in [4.78, 5) is 23.8. The molecule has 2 rings (SSSR count). The van der Waals surface area contributed by atoms with Crippen molar-refractivity contribution in [1.29, 1.82) is 0 Å². The lowest BCUT2D eigenvalue weighted by Gasteiger charge is -2.36. The Morgan fingerprint density at radius 2 is 1.78 bits per heavy atom. The first kappa shape index (κ1) is 21.1. The number of rotatable bonds is 6. The maximum Gasteiger partial charge on any atom is 0.339 e. The van der Waals surface area contributed by atoms with E-state index in [4.69, 9.17) is 9.16 Å². The zero-order valence-electron chi connectivity index (χ0n) is 17.0. The minimum absolute atomic E-state index is 0.159. The molecule has 146 valence electrons. The third-order valence-electron chi connectivity index (χ3n) is 5.15. The van der Waals surface area contributed by atoms with E-state index < -0.39 is 14.3 Å². The van der Waals surface area contributed by atoms with Crippen LogP contribution in [0.25, 0.3) is 0 Å². The van der Waals surface area contributed by atoms with Gasteiger partial charge in [-0.25, -0.2) is 4.79 Å². The van der Waals surface area contributed by atoms with Crippen molar-refractivity contribution in [3.8, 4) is 0 Å². The summed E-state index contributed by atoms with van der Waals surface area (Å²) >= 11 is 0. The van der Waals surface area contributed by atoms with Gasteiger partial charge in [0.1, 0.15) is 0 Å². The van der Waals surface area contributed by atoms with Crippen molar-refractivity contribution in [2.75, 3.05) is 7.11 Å². The van der Waals surface area contributed by atoms with E-state index in [1.807, 2.05) is 24.3 Å². The lowest BCUT2D eigenvalue weighted by atomic mass is 10.1. The molecule has 0 aliphatic rings. The van der Waals surface area contributed by atoms with Crippen LogP contribution >= 0.6 is 0 Å². The summed E-state index contributed by atoms with van der Waals surface area (Å²) in [7, 11) is -0.496. The third kappa shape index (κ3) is 5.40. The van der Waals surface area contributed by atoms with Crippen LogP contribution in [0.15, 0.2) is 47.4 Å². The average Bonchev–Trinajstić information content (AvgIpc) is 2.60. The minimum atomic E-state index is -1.82. The van der Waals surface area contributed by atoms with Crippen LogP contribution in [-0.4, -0.2) is 26.0 Å². The van der Waals surface area contributed by atoms with Gasteiger partial charge in [0, 0.05) is 12.3 Å². The molecular weight excluding hydrogens is 358 g/mol. The second-order valence-corrected chi connectivity index (χ2v) is 13.1. The molecule has 0 N–H and O–H groups in total. The first-order chi connectivity index (χ1) is 12.5. The molecule has 27 heavy (non-hydrogen) atoms. The van der Waals surface area contributed by atoms with E-state index >= 15 is 0 Å². The molecule has 0 unspecified atom stereocenters. The predicted octanol–water partition coefficient (Wildman–Crippen LogP) is 4.21. The molecule has 0 atom stereocenters. The topological polar surface area (TPSA) is 57.5 Å². The van der Waals surface area contributed by atoms with E-state index in [1.165, 1.54) is 30.0 Å². The fourth-order valence-corrected chi connectivity index (χ4v) is 3.35. The van der Waals surface area contributed by atoms with Crippen LogP contribution in [0.5, 0.6) is 0 Å². The highest BCUT2D eigenvalue weighted by Crippen LogP contribution is 2.37. The van der Waals surface area contributed by atoms with E-state index in [-0.39, 0.29) is 10.6 Å². The van der Waals surface area contributed by atoms with E-state index in [2.05, 4.69) is 33.9 Å². The number of aromatic nitrogens is 1. The number of hydrogen-bond donors (Lipinski definition) is 0. The van der Waals surface area contributed by atoms with Crippen LogP contribution < -0.4 is 5.56 Å². The van der Waals surface area contributed by atoms with Crippen LogP contribution in [0.3, 0.4) is 0 Å². The highest BCUT2D eigenvalue weighted by atomic mass is 28.4. The lowest BCUT2D eigenvalue weighted by Crippen LogP contribution is -2.40. The summed E-state index contributed by atoms with van der Waals surface area (Å²) in [6, 6.07) is 10.9. The minimum Gasteiger partial charge on any atom is -0.465 e. The maximum atomic E-state index is 12.1. The number of methoxy groups -OCH3 is 1. The number of ether oxygens (including phenoxy) is 1. The summed E-state index contributed by atoms with van der Waals surface area (Å²) in [5.41, 5.74) is 2.25. The van der Waals surface area contributed by atoms with Crippen LogP contribution in [0.4, 0.5) is 0 Å².